The molecule has 5 aromatic rings. The van der Waals surface area contributed by atoms with Crippen molar-refractivity contribution in [2.75, 3.05) is 49.5 Å². The maximum Gasteiger partial charge on any atom is 0.341 e. The number of carboxylic acids is 1. The van der Waals surface area contributed by atoms with E-state index in [0.29, 0.717) is 61.7 Å². The van der Waals surface area contributed by atoms with E-state index >= 15 is 4.39 Å². The van der Waals surface area contributed by atoms with Crippen LogP contribution in [-0.2, 0) is 46.3 Å². The van der Waals surface area contributed by atoms with Crippen LogP contribution >= 0.6 is 0 Å². The summed E-state index contributed by atoms with van der Waals surface area (Å²) >= 11 is 0. The minimum Gasteiger partial charge on any atom is -0.477 e. The molecule has 2 saturated carbocycles. The third kappa shape index (κ3) is 12.5. The van der Waals surface area contributed by atoms with Crippen LogP contribution in [0.2, 0.25) is 0 Å². The van der Waals surface area contributed by atoms with E-state index in [2.05, 4.69) is 26.6 Å². The second-order valence-electron chi connectivity index (χ2n) is 23.0. The molecule has 29 nitrogen and oxygen atoms in total. The number of carbonyl (C=O) groups excluding carboxylic acids is 1. The molecule has 3 aromatic carbocycles. The van der Waals surface area contributed by atoms with Gasteiger partial charge < -0.3 is 113 Å². The van der Waals surface area contributed by atoms with E-state index in [-0.39, 0.29) is 42.2 Å². The van der Waals surface area contributed by atoms with Gasteiger partial charge in [0, 0.05) is 86.8 Å². The van der Waals surface area contributed by atoms with E-state index in [0.717, 1.165) is 24.0 Å². The number of nitrogens with one attached hydrogen (secondary N) is 1. The monoisotopic (exact) mass is 1200 g/mol. The minimum atomic E-state index is -1.86. The number of amides is 1. The fraction of sp³-hybridized carbons (Fsp3) is 0.554. The second kappa shape index (κ2) is 25.6. The zero-order valence-corrected chi connectivity index (χ0v) is 46.6. The van der Waals surface area contributed by atoms with Gasteiger partial charge >= 0.3 is 5.97 Å². The third-order valence-electron chi connectivity index (χ3n) is 17.1. The lowest BCUT2D eigenvalue weighted by Crippen LogP contribution is -2.68. The number of nitrogens with zero attached hydrogens (tertiary/aromatic N) is 6. The fourth-order valence-corrected chi connectivity index (χ4v) is 12.0. The molecule has 20 N–H and O–H groups in total. The Morgan fingerprint density at radius 3 is 1.93 bits per heavy atom. The number of fused-ring (bicyclic) bond motifs is 1. The molecule has 4 aliphatic heterocycles. The van der Waals surface area contributed by atoms with Crippen molar-refractivity contribution in [3.05, 3.63) is 106 Å². The molecule has 0 bridgehead atoms. The molecule has 4 saturated heterocycles. The molecular weight excluding hydrogens is 1130 g/mol. The molecule has 2 aliphatic carbocycles. The number of benzene rings is 3. The van der Waals surface area contributed by atoms with Crippen LogP contribution in [0.3, 0.4) is 0 Å². The minimum absolute atomic E-state index is 0.00390. The van der Waals surface area contributed by atoms with Crippen LogP contribution in [0.25, 0.3) is 22.2 Å². The van der Waals surface area contributed by atoms with E-state index < -0.39 is 139 Å². The molecule has 0 unspecified atom stereocenters. The second-order valence-corrected chi connectivity index (χ2v) is 23.0. The number of pyridine rings is 1. The van der Waals surface area contributed by atoms with Gasteiger partial charge in [0.15, 0.2) is 25.0 Å². The van der Waals surface area contributed by atoms with Crippen LogP contribution in [0.15, 0.2) is 77.9 Å². The molecule has 30 heteroatoms. The first-order valence-electron chi connectivity index (χ1n) is 28.6. The molecule has 19 atom stereocenters. The Morgan fingerprint density at radius 1 is 0.698 bits per heavy atom. The smallest absolute Gasteiger partial charge is 0.341 e. The predicted molar refractivity (Wildman–Crippen MR) is 302 cm³/mol. The molecule has 2 aromatic heterocycles. The highest BCUT2D eigenvalue weighted by molar-refractivity contribution is 5.95. The predicted octanol–water partition coefficient (Wildman–Crippen LogP) is -4.13. The quantitative estimate of drug-likeness (QED) is 0.0396. The summed E-state index contributed by atoms with van der Waals surface area (Å²) < 4.78 is 55.4. The van der Waals surface area contributed by atoms with Crippen LogP contribution < -0.4 is 50.0 Å². The Hall–Kier alpha value is -6.08. The number of nitrogens with two attached hydrogens (primary N) is 6. The fourth-order valence-electron chi connectivity index (χ4n) is 12.0. The van der Waals surface area contributed by atoms with Crippen molar-refractivity contribution in [3.8, 4) is 11.3 Å². The molecule has 6 aliphatic rings. The van der Waals surface area contributed by atoms with E-state index in [1.165, 1.54) is 12.3 Å². The molecule has 6 fully saturated rings. The van der Waals surface area contributed by atoms with Gasteiger partial charge in [-0.25, -0.2) is 13.9 Å². The number of halogens is 1. The maximum atomic E-state index is 15.7. The lowest BCUT2D eigenvalue weighted by Gasteiger charge is -2.47. The number of aliphatic hydroxyl groups excluding tert-OH is 6. The van der Waals surface area contributed by atoms with Crippen molar-refractivity contribution >= 4 is 34.2 Å². The van der Waals surface area contributed by atoms with Crippen molar-refractivity contribution in [1.82, 2.24) is 24.5 Å². The Labute approximate surface area is 491 Å². The van der Waals surface area contributed by atoms with Crippen LogP contribution in [0, 0.1) is 5.82 Å². The van der Waals surface area contributed by atoms with E-state index in [1.807, 2.05) is 23.1 Å². The summed E-state index contributed by atoms with van der Waals surface area (Å²) in [5.41, 5.74) is 40.2. The normalized spacial score (nSPS) is 34.4. The number of aromatic carboxylic acids is 1. The molecular formula is C56H74FN13O16. The summed E-state index contributed by atoms with van der Waals surface area (Å²) in [6.07, 6.45) is -17.8. The van der Waals surface area contributed by atoms with E-state index in [4.69, 9.17) is 62.8 Å². The summed E-state index contributed by atoms with van der Waals surface area (Å²) in [7, 11) is 0. The number of carbonyl (C=O) groups is 2. The van der Waals surface area contributed by atoms with Crippen molar-refractivity contribution in [2.24, 2.45) is 34.4 Å². The third-order valence-corrected chi connectivity index (χ3v) is 17.1. The number of piperazine rings is 1. The topological polar surface area (TPSA) is 458 Å². The van der Waals surface area contributed by atoms with Gasteiger partial charge in [0.1, 0.15) is 78.1 Å². The number of hydrogen-bond acceptors (Lipinski definition) is 25. The molecule has 1 amide bonds. The lowest BCUT2D eigenvalue weighted by molar-refractivity contribution is -0.306. The highest BCUT2D eigenvalue weighted by Crippen LogP contribution is 2.39. The summed E-state index contributed by atoms with van der Waals surface area (Å²) in [6.45, 7) is 2.93. The number of anilines is 2. The van der Waals surface area contributed by atoms with E-state index in [9.17, 15) is 50.1 Å². The summed E-state index contributed by atoms with van der Waals surface area (Å²) in [5, 5.41) is 87.1. The average molecular weight is 1200 g/mol. The summed E-state index contributed by atoms with van der Waals surface area (Å²) in [5.74, 6) is -2.76. The molecule has 86 heavy (non-hydrogen) atoms. The van der Waals surface area contributed by atoms with Crippen LogP contribution in [0.1, 0.15) is 46.8 Å². The Balaban J connectivity index is 0.733. The van der Waals surface area contributed by atoms with Gasteiger partial charge in [-0.05, 0) is 54.7 Å². The SMILES string of the molecule is NC[C@@H]1O[C@@H](O[C@H]2[C@@H](O)[C@H](O[C@@H]3[C@@H](O)[C@H](N)C[C@H](N)[C@H]3O[C@H]3O[C@H](CN)[C@@H](O)[C@H](O)[C@H]3N)O[C@@H]2C(=O)Nc2ccc(-c3cn(Cc4cccc(CN5CCN(c6cc7c(cc6F)c(=O)c(C(=O)O)cn7C6CC6)CC5)c4)nn3)cc2)[C@H](N)[C@@H](O)[C@@H]1O. The van der Waals surface area contributed by atoms with Crippen LogP contribution in [0.5, 0.6) is 0 Å². The zero-order chi connectivity index (χ0) is 61.0. The van der Waals surface area contributed by atoms with Crippen molar-refractivity contribution in [3.63, 3.8) is 0 Å². The first kappa shape index (κ1) is 61.6. The average Bonchev–Trinajstić information content (AvgIpc) is 1.44. The highest BCUT2D eigenvalue weighted by atomic mass is 19.1. The zero-order valence-electron chi connectivity index (χ0n) is 46.6. The highest BCUT2D eigenvalue weighted by Gasteiger charge is 2.56. The number of carboxylic acid groups (broad SMARTS) is 1. The van der Waals surface area contributed by atoms with Crippen molar-refractivity contribution in [1.29, 1.82) is 0 Å². The summed E-state index contributed by atoms with van der Waals surface area (Å²) in [4.78, 5) is 43.4. The first-order chi connectivity index (χ1) is 41.2. The van der Waals surface area contributed by atoms with Crippen LogP contribution in [-0.4, -0.2) is 228 Å². The standard InChI is InChI=1S/C56H74FN13O16/c57-31-15-29-35(70(28-8-9-28)22-30(41(29)71)53(79)80)17-36(31)68-12-10-67(11-13-68)20-24-2-1-3-25(14-24)21-69-23-34(65-66-69)26-4-6-27(7-5-26)64-52(78)51-50(84-55-40(63)46(76)44(74)38(19-59)82-55)47(77)56(86-51)85-49-42(72)32(60)16-33(61)48(49)83-54-39(62)45(75)43(73)37(18-58)81-54/h1-7,14-15,17,22-23,28,32-33,37-40,42-51,54-56,72-77H,8-13,16,18-21,58-63H2,(H,64,78)(H,79,80)/t32-,33+,37-,38+,39-,40-,42+,43-,44-,45-,46-,47-,48-,49-,50+,51+,54-,55+,56-/m1/s1. The van der Waals surface area contributed by atoms with Gasteiger partial charge in [0.25, 0.3) is 5.91 Å². The number of aliphatic hydroxyl groups is 6. The van der Waals surface area contributed by atoms with Gasteiger partial charge in [-0.2, -0.15) is 0 Å². The molecule has 11 rings (SSSR count). The Kier molecular flexibility index (Phi) is 18.3. The van der Waals surface area contributed by atoms with Crippen molar-refractivity contribution in [2.45, 2.75) is 155 Å². The molecule has 0 spiro atoms. The van der Waals surface area contributed by atoms with Crippen molar-refractivity contribution < 1.29 is 78.1 Å². The van der Waals surface area contributed by atoms with Gasteiger partial charge in [-0.3, -0.25) is 14.5 Å². The maximum absolute atomic E-state index is 15.7. The number of ether oxygens (including phenoxy) is 6. The van der Waals surface area contributed by atoms with Gasteiger partial charge in [-0.15, -0.1) is 5.10 Å². The van der Waals surface area contributed by atoms with Gasteiger partial charge in [-0.1, -0.05) is 41.6 Å². The molecule has 466 valence electrons. The van der Waals surface area contributed by atoms with Gasteiger partial charge in [0.2, 0.25) is 5.43 Å². The molecule has 6 heterocycles. The van der Waals surface area contributed by atoms with Crippen LogP contribution in [0.4, 0.5) is 15.8 Å². The van der Waals surface area contributed by atoms with E-state index in [1.54, 1.807) is 45.8 Å². The number of hydrogen-bond donors (Lipinski definition) is 14. The Morgan fingerprint density at radius 2 is 1.31 bits per heavy atom. The van der Waals surface area contributed by atoms with Gasteiger partial charge in [0.05, 0.1) is 42.1 Å². The first-order valence-corrected chi connectivity index (χ1v) is 28.6. The lowest BCUT2D eigenvalue weighted by atomic mass is 9.84. The largest absolute Gasteiger partial charge is 0.477 e. The number of aromatic nitrogens is 4. The molecule has 0 radical (unpaired) electrons. The summed E-state index contributed by atoms with van der Waals surface area (Å²) in [6, 6.07) is 12.9. The number of rotatable bonds is 18. The Bertz CT molecular complexity index is 3280.